The third kappa shape index (κ3) is 1.86. The van der Waals surface area contributed by atoms with Crippen molar-refractivity contribution >= 4 is 11.4 Å². The summed E-state index contributed by atoms with van der Waals surface area (Å²) in [5.74, 6) is -0.253. The van der Waals surface area contributed by atoms with E-state index >= 15 is 0 Å². The van der Waals surface area contributed by atoms with Gasteiger partial charge in [0, 0.05) is 0 Å². The number of ether oxygens (including phenoxy) is 1. The van der Waals surface area contributed by atoms with Crippen molar-refractivity contribution in [3.05, 3.63) is 23.5 Å². The third-order valence-corrected chi connectivity index (χ3v) is 3.78. The summed E-state index contributed by atoms with van der Waals surface area (Å²) in [6.45, 7) is 1.75. The van der Waals surface area contributed by atoms with E-state index in [1.54, 1.807) is 13.0 Å². The van der Waals surface area contributed by atoms with Crippen LogP contribution < -0.4 is 11.1 Å². The number of rotatable bonds is 2. The van der Waals surface area contributed by atoms with E-state index in [1.807, 2.05) is 0 Å². The summed E-state index contributed by atoms with van der Waals surface area (Å²) in [6.07, 6.45) is 4.01. The fourth-order valence-electron chi connectivity index (χ4n) is 2.81. The molecule has 3 rings (SSSR count). The molecule has 2 heterocycles. The monoisotopic (exact) mass is 236 g/mol. The third-order valence-electron chi connectivity index (χ3n) is 3.78. The molecule has 3 N–H and O–H groups in total. The summed E-state index contributed by atoms with van der Waals surface area (Å²) in [7, 11) is 0. The molecule has 0 saturated carbocycles. The first kappa shape index (κ1) is 10.8. The lowest BCUT2D eigenvalue weighted by Crippen LogP contribution is -2.30. The molecule has 3 unspecified atom stereocenters. The summed E-state index contributed by atoms with van der Waals surface area (Å²) < 4.78 is 19.1. The predicted octanol–water partition coefficient (Wildman–Crippen LogP) is 2.45. The number of hydrogen-bond acceptors (Lipinski definition) is 3. The van der Waals surface area contributed by atoms with E-state index < -0.39 is 0 Å². The Balaban J connectivity index is 1.79. The van der Waals surface area contributed by atoms with E-state index in [9.17, 15) is 4.39 Å². The zero-order chi connectivity index (χ0) is 12.0. The van der Waals surface area contributed by atoms with Gasteiger partial charge in [-0.05, 0) is 43.9 Å². The fourth-order valence-corrected chi connectivity index (χ4v) is 2.81. The molecular weight excluding hydrogens is 219 g/mol. The zero-order valence-electron chi connectivity index (χ0n) is 9.87. The lowest BCUT2D eigenvalue weighted by molar-refractivity contribution is 0.102. The van der Waals surface area contributed by atoms with Crippen LogP contribution in [0.4, 0.5) is 15.8 Å². The molecule has 2 bridgehead atoms. The van der Waals surface area contributed by atoms with Crippen LogP contribution >= 0.6 is 0 Å². The van der Waals surface area contributed by atoms with Crippen molar-refractivity contribution in [2.45, 2.75) is 44.4 Å². The average molecular weight is 236 g/mol. The second-order valence-corrected chi connectivity index (χ2v) is 5.05. The molecule has 17 heavy (non-hydrogen) atoms. The van der Waals surface area contributed by atoms with Gasteiger partial charge in [-0.3, -0.25) is 0 Å². The second-order valence-electron chi connectivity index (χ2n) is 5.05. The van der Waals surface area contributed by atoms with Gasteiger partial charge in [0.25, 0.3) is 0 Å². The van der Waals surface area contributed by atoms with Crippen molar-refractivity contribution in [2.75, 3.05) is 11.1 Å². The first-order valence-electron chi connectivity index (χ1n) is 6.11. The van der Waals surface area contributed by atoms with Crippen LogP contribution in [0.5, 0.6) is 0 Å². The van der Waals surface area contributed by atoms with Crippen molar-refractivity contribution in [1.82, 2.24) is 0 Å². The Morgan fingerprint density at radius 3 is 2.88 bits per heavy atom. The van der Waals surface area contributed by atoms with Crippen LogP contribution in [-0.2, 0) is 4.74 Å². The Kier molecular flexibility index (Phi) is 2.47. The maximum Gasteiger partial charge on any atom is 0.128 e. The quantitative estimate of drug-likeness (QED) is 0.775. The van der Waals surface area contributed by atoms with Crippen LogP contribution in [-0.4, -0.2) is 18.2 Å². The number of nitrogens with one attached hydrogen (secondary N) is 1. The van der Waals surface area contributed by atoms with Crippen molar-refractivity contribution in [3.63, 3.8) is 0 Å². The van der Waals surface area contributed by atoms with Gasteiger partial charge in [-0.15, -0.1) is 0 Å². The molecule has 3 atom stereocenters. The molecule has 2 aliphatic rings. The number of anilines is 2. The summed E-state index contributed by atoms with van der Waals surface area (Å²) in [4.78, 5) is 0. The van der Waals surface area contributed by atoms with Crippen LogP contribution in [0.25, 0.3) is 0 Å². The minimum Gasteiger partial charge on any atom is -0.397 e. The minimum absolute atomic E-state index is 0.253. The van der Waals surface area contributed by atoms with Gasteiger partial charge in [-0.1, -0.05) is 0 Å². The summed E-state index contributed by atoms with van der Waals surface area (Å²) >= 11 is 0. The number of hydrogen-bond donors (Lipinski definition) is 2. The highest BCUT2D eigenvalue weighted by molar-refractivity contribution is 5.67. The molecule has 0 spiro atoms. The maximum atomic E-state index is 13.3. The fraction of sp³-hybridized carbons (Fsp3) is 0.538. The van der Waals surface area contributed by atoms with E-state index in [0.29, 0.717) is 29.5 Å². The van der Waals surface area contributed by atoms with E-state index in [2.05, 4.69) is 5.32 Å². The second kappa shape index (κ2) is 3.88. The van der Waals surface area contributed by atoms with Gasteiger partial charge in [-0.25, -0.2) is 4.39 Å². The summed E-state index contributed by atoms with van der Waals surface area (Å²) in [6, 6.07) is 3.48. The largest absolute Gasteiger partial charge is 0.397 e. The molecule has 2 saturated heterocycles. The molecule has 3 nitrogen and oxygen atoms in total. The molecule has 2 aliphatic heterocycles. The van der Waals surface area contributed by atoms with Crippen molar-refractivity contribution < 1.29 is 9.13 Å². The van der Waals surface area contributed by atoms with E-state index in [1.165, 1.54) is 12.5 Å². The maximum absolute atomic E-state index is 13.3. The van der Waals surface area contributed by atoms with Crippen LogP contribution in [0.2, 0.25) is 0 Å². The van der Waals surface area contributed by atoms with Gasteiger partial charge >= 0.3 is 0 Å². The Morgan fingerprint density at radius 1 is 1.41 bits per heavy atom. The predicted molar refractivity (Wildman–Crippen MR) is 65.5 cm³/mol. The minimum atomic E-state index is -0.253. The Hall–Kier alpha value is -1.29. The molecule has 4 heteroatoms. The van der Waals surface area contributed by atoms with Gasteiger partial charge < -0.3 is 15.8 Å². The molecule has 0 amide bonds. The van der Waals surface area contributed by atoms with Crippen molar-refractivity contribution in [1.29, 1.82) is 0 Å². The van der Waals surface area contributed by atoms with E-state index in [0.717, 1.165) is 18.5 Å². The summed E-state index contributed by atoms with van der Waals surface area (Å²) in [5, 5.41) is 3.39. The highest BCUT2D eigenvalue weighted by Crippen LogP contribution is 2.37. The van der Waals surface area contributed by atoms with Crippen molar-refractivity contribution in [3.8, 4) is 0 Å². The Morgan fingerprint density at radius 2 is 2.24 bits per heavy atom. The van der Waals surface area contributed by atoms with Gasteiger partial charge in [0.15, 0.2) is 0 Å². The summed E-state index contributed by atoms with van der Waals surface area (Å²) in [5.41, 5.74) is 7.73. The van der Waals surface area contributed by atoms with E-state index in [-0.39, 0.29) is 5.82 Å². The van der Waals surface area contributed by atoms with Crippen LogP contribution in [0.1, 0.15) is 24.8 Å². The molecular formula is C13H17FN2O. The lowest BCUT2D eigenvalue weighted by Gasteiger charge is -2.22. The van der Waals surface area contributed by atoms with Crippen LogP contribution in [0.3, 0.4) is 0 Å². The normalized spacial score (nSPS) is 30.8. The molecule has 1 aromatic carbocycles. The lowest BCUT2D eigenvalue weighted by atomic mass is 9.95. The van der Waals surface area contributed by atoms with Gasteiger partial charge in [0.1, 0.15) is 5.82 Å². The number of halogens is 1. The number of benzene rings is 1. The van der Waals surface area contributed by atoms with Gasteiger partial charge in [-0.2, -0.15) is 0 Å². The molecule has 0 aliphatic carbocycles. The standard InChI is InChI=1S/C13H17FN2O/c1-7-4-11(10(15)6-9(7)14)16-12-5-8-2-3-13(12)17-8/h4,6,8,12-13,16H,2-3,5,15H2,1H3. The number of aryl methyl sites for hydroxylation is 1. The topological polar surface area (TPSA) is 47.3 Å². The molecule has 92 valence electrons. The smallest absolute Gasteiger partial charge is 0.128 e. The first-order chi connectivity index (χ1) is 8.13. The van der Waals surface area contributed by atoms with E-state index in [4.69, 9.17) is 10.5 Å². The first-order valence-corrected chi connectivity index (χ1v) is 6.11. The Bertz CT molecular complexity index is 449. The van der Waals surface area contributed by atoms with Crippen molar-refractivity contribution in [2.24, 2.45) is 0 Å². The number of nitrogen functional groups attached to an aromatic ring is 1. The SMILES string of the molecule is Cc1cc(NC2CC3CCC2O3)c(N)cc1F. The molecule has 0 aromatic heterocycles. The molecule has 0 radical (unpaired) electrons. The van der Waals surface area contributed by atoms with Gasteiger partial charge in [0.2, 0.25) is 0 Å². The zero-order valence-corrected chi connectivity index (χ0v) is 9.87. The highest BCUT2D eigenvalue weighted by atomic mass is 19.1. The average Bonchev–Trinajstić information content (AvgIpc) is 2.87. The number of nitrogens with two attached hydrogens (primary N) is 1. The molecule has 2 fully saturated rings. The Labute approximate surface area is 100 Å². The highest BCUT2D eigenvalue weighted by Gasteiger charge is 2.40. The van der Waals surface area contributed by atoms with Crippen LogP contribution in [0.15, 0.2) is 12.1 Å². The molecule has 1 aromatic rings. The van der Waals surface area contributed by atoms with Crippen LogP contribution in [0, 0.1) is 12.7 Å². The van der Waals surface area contributed by atoms with Gasteiger partial charge in [0.05, 0.1) is 29.6 Å². The number of fused-ring (bicyclic) bond motifs is 2.